The van der Waals surface area contributed by atoms with Crippen molar-refractivity contribution in [1.82, 2.24) is 9.55 Å². The van der Waals surface area contributed by atoms with E-state index in [1.54, 1.807) is 6.92 Å². The molecular formula is C27H29N3O2. The van der Waals surface area contributed by atoms with Crippen LogP contribution in [0.15, 0.2) is 48.7 Å². The second-order valence-electron chi connectivity index (χ2n) is 8.56. The van der Waals surface area contributed by atoms with Crippen LogP contribution in [0.25, 0.3) is 16.5 Å². The van der Waals surface area contributed by atoms with Crippen molar-refractivity contribution in [2.45, 2.75) is 39.5 Å². The summed E-state index contributed by atoms with van der Waals surface area (Å²) < 4.78 is 7.24. The molecule has 0 bridgehead atoms. The molecule has 0 fully saturated rings. The number of carbonyl (C=O) groups excluding carboxylic acids is 1. The smallest absolute Gasteiger partial charge is 0.355 e. The molecule has 0 amide bonds. The van der Waals surface area contributed by atoms with Gasteiger partial charge in [-0.3, -0.25) is 0 Å². The van der Waals surface area contributed by atoms with Crippen molar-refractivity contribution < 1.29 is 9.53 Å². The molecule has 0 saturated heterocycles. The highest BCUT2D eigenvalue weighted by Gasteiger charge is 2.41. The monoisotopic (exact) mass is 427 g/mol. The number of esters is 1. The molecule has 1 aliphatic carbocycles. The molecule has 164 valence electrons. The Morgan fingerprint density at radius 2 is 2.09 bits per heavy atom. The molecule has 1 N–H and O–H groups in total. The molecule has 5 heteroatoms. The van der Waals surface area contributed by atoms with Crippen molar-refractivity contribution in [1.29, 1.82) is 5.26 Å². The van der Waals surface area contributed by atoms with Gasteiger partial charge in [-0.05, 0) is 36.3 Å². The number of allylic oxidation sites excluding steroid dienone is 4. The van der Waals surface area contributed by atoms with Gasteiger partial charge in [-0.15, -0.1) is 0 Å². The van der Waals surface area contributed by atoms with Crippen LogP contribution in [0, 0.1) is 17.2 Å². The number of ether oxygens (including phenoxy) is 1. The number of nitrogens with zero attached hydrogens (tertiary/aromatic N) is 2. The zero-order chi connectivity index (χ0) is 23.0. The van der Waals surface area contributed by atoms with Gasteiger partial charge in [0.2, 0.25) is 0 Å². The molecule has 1 aliphatic rings. The van der Waals surface area contributed by atoms with Crippen LogP contribution in [-0.2, 0) is 23.6 Å². The number of benzene rings is 1. The lowest BCUT2D eigenvalue weighted by Crippen LogP contribution is -2.32. The quantitative estimate of drug-likeness (QED) is 0.534. The predicted molar refractivity (Wildman–Crippen MR) is 127 cm³/mol. The van der Waals surface area contributed by atoms with Crippen molar-refractivity contribution >= 4 is 22.4 Å². The molecule has 0 spiro atoms. The van der Waals surface area contributed by atoms with Crippen LogP contribution in [0.5, 0.6) is 0 Å². The minimum Gasteiger partial charge on any atom is -0.461 e. The van der Waals surface area contributed by atoms with Gasteiger partial charge >= 0.3 is 5.97 Å². The zero-order valence-electron chi connectivity index (χ0n) is 19.3. The van der Waals surface area contributed by atoms with E-state index < -0.39 is 5.41 Å². The fourth-order valence-electron chi connectivity index (χ4n) is 4.96. The molecular weight excluding hydrogens is 398 g/mol. The third-order valence-corrected chi connectivity index (χ3v) is 6.85. The summed E-state index contributed by atoms with van der Waals surface area (Å²) in [6.07, 6.45) is 9.12. The van der Waals surface area contributed by atoms with Gasteiger partial charge in [-0.1, -0.05) is 57.2 Å². The molecule has 2 heterocycles. The normalized spacial score (nSPS) is 20.2. The Labute approximate surface area is 189 Å². The molecule has 0 saturated carbocycles. The average molecular weight is 428 g/mol. The fourth-order valence-corrected chi connectivity index (χ4v) is 4.96. The van der Waals surface area contributed by atoms with Crippen LogP contribution in [0.2, 0.25) is 0 Å². The topological polar surface area (TPSA) is 70.8 Å². The van der Waals surface area contributed by atoms with E-state index >= 15 is 0 Å². The van der Waals surface area contributed by atoms with Crippen LogP contribution < -0.4 is 0 Å². The van der Waals surface area contributed by atoms with E-state index in [9.17, 15) is 10.1 Å². The van der Waals surface area contributed by atoms with Crippen LogP contribution >= 0.6 is 0 Å². The Kier molecular flexibility index (Phi) is 5.56. The van der Waals surface area contributed by atoms with Gasteiger partial charge in [-0.25, -0.2) is 4.79 Å². The first kappa shape index (κ1) is 21.7. The third-order valence-electron chi connectivity index (χ3n) is 6.85. The summed E-state index contributed by atoms with van der Waals surface area (Å²) in [4.78, 5) is 16.3. The Hall–Kier alpha value is -3.52. The van der Waals surface area contributed by atoms with E-state index in [-0.39, 0.29) is 11.9 Å². The number of rotatable bonds is 5. The second-order valence-corrected chi connectivity index (χ2v) is 8.56. The lowest BCUT2D eigenvalue weighted by molar-refractivity contribution is 0.0511. The number of fused-ring (bicyclic) bond motifs is 1. The minimum atomic E-state index is -0.522. The SMILES string of the molecule is CCOC(=O)c1c(C2(C)C=CC(c3cccc4cc[nH]c34)=CC2C)c(C#N)c(CC)n1C. The maximum Gasteiger partial charge on any atom is 0.355 e. The lowest BCUT2D eigenvalue weighted by Gasteiger charge is -2.35. The summed E-state index contributed by atoms with van der Waals surface area (Å²) in [5.74, 6) is -0.325. The number of nitrogens with one attached hydrogen (secondary N) is 1. The van der Waals surface area contributed by atoms with Gasteiger partial charge in [0, 0.05) is 35.5 Å². The summed E-state index contributed by atoms with van der Waals surface area (Å²) in [7, 11) is 1.85. The number of aromatic amines is 1. The van der Waals surface area contributed by atoms with Gasteiger partial charge in [0.05, 0.1) is 17.7 Å². The Bertz CT molecular complexity index is 1300. The highest BCUT2D eigenvalue weighted by molar-refractivity contribution is 5.95. The number of carbonyl (C=O) groups is 1. The molecule has 0 radical (unpaired) electrons. The summed E-state index contributed by atoms with van der Waals surface area (Å²) in [6.45, 7) is 8.35. The molecule has 4 rings (SSSR count). The first-order chi connectivity index (χ1) is 15.4. The molecule has 0 aliphatic heterocycles. The number of aromatic nitrogens is 2. The molecule has 5 nitrogen and oxygen atoms in total. The average Bonchev–Trinajstić information content (AvgIpc) is 3.37. The van der Waals surface area contributed by atoms with Gasteiger partial charge in [0.1, 0.15) is 11.8 Å². The van der Waals surface area contributed by atoms with E-state index in [1.807, 2.05) is 24.7 Å². The van der Waals surface area contributed by atoms with E-state index in [2.05, 4.69) is 67.4 Å². The first-order valence-electron chi connectivity index (χ1n) is 11.1. The zero-order valence-corrected chi connectivity index (χ0v) is 19.3. The molecule has 2 unspecified atom stereocenters. The van der Waals surface area contributed by atoms with Gasteiger partial charge in [0.15, 0.2) is 0 Å². The first-order valence-corrected chi connectivity index (χ1v) is 11.1. The maximum atomic E-state index is 13.0. The van der Waals surface area contributed by atoms with Gasteiger partial charge in [-0.2, -0.15) is 5.26 Å². The minimum absolute atomic E-state index is 0.0556. The fraction of sp³-hybridized carbons (Fsp3) is 0.333. The maximum absolute atomic E-state index is 13.0. The number of para-hydroxylation sites is 1. The molecule has 3 aromatic rings. The van der Waals surface area contributed by atoms with E-state index in [1.165, 1.54) is 5.39 Å². The third kappa shape index (κ3) is 3.18. The Balaban J connectivity index is 1.87. The summed E-state index contributed by atoms with van der Waals surface area (Å²) in [6, 6.07) is 10.7. The van der Waals surface area contributed by atoms with Crippen LogP contribution in [0.3, 0.4) is 0 Å². The second kappa shape index (κ2) is 8.20. The van der Waals surface area contributed by atoms with E-state index in [0.717, 1.165) is 27.9 Å². The van der Waals surface area contributed by atoms with Gasteiger partial charge in [0.25, 0.3) is 0 Å². The molecule has 32 heavy (non-hydrogen) atoms. The standard InChI is InChI=1S/C27H29N3O2/c1-6-22-21(16-28)23(25(30(22)5)26(31)32-7-2)27(4)13-11-19(15-17(27)3)20-10-8-9-18-12-14-29-24(18)20/h8-15,17,29H,6-7H2,1-5H3. The van der Waals surface area contributed by atoms with E-state index in [4.69, 9.17) is 4.74 Å². The molecule has 2 aromatic heterocycles. The summed E-state index contributed by atoms with van der Waals surface area (Å²) in [5, 5.41) is 11.2. The van der Waals surface area contributed by atoms with Crippen LogP contribution in [0.1, 0.15) is 60.6 Å². The summed E-state index contributed by atoms with van der Waals surface area (Å²) in [5.41, 5.74) is 5.54. The van der Waals surface area contributed by atoms with Crippen molar-refractivity contribution in [3.8, 4) is 6.07 Å². The number of hydrogen-bond acceptors (Lipinski definition) is 3. The number of H-pyrrole nitrogens is 1. The number of nitriles is 1. The summed E-state index contributed by atoms with van der Waals surface area (Å²) >= 11 is 0. The van der Waals surface area contributed by atoms with Crippen LogP contribution in [-0.4, -0.2) is 22.1 Å². The lowest BCUT2D eigenvalue weighted by atomic mass is 9.67. The van der Waals surface area contributed by atoms with Crippen LogP contribution in [0.4, 0.5) is 0 Å². The number of hydrogen-bond donors (Lipinski definition) is 1. The van der Waals surface area contributed by atoms with Crippen molar-refractivity contribution in [3.05, 3.63) is 76.8 Å². The van der Waals surface area contributed by atoms with Crippen molar-refractivity contribution in [2.75, 3.05) is 6.61 Å². The highest BCUT2D eigenvalue weighted by Crippen LogP contribution is 2.45. The van der Waals surface area contributed by atoms with E-state index in [0.29, 0.717) is 24.3 Å². The van der Waals surface area contributed by atoms with Crippen molar-refractivity contribution in [2.24, 2.45) is 13.0 Å². The molecule has 2 atom stereocenters. The largest absolute Gasteiger partial charge is 0.461 e. The molecule has 1 aromatic carbocycles. The Morgan fingerprint density at radius 1 is 1.31 bits per heavy atom. The van der Waals surface area contributed by atoms with Crippen molar-refractivity contribution in [3.63, 3.8) is 0 Å². The predicted octanol–water partition coefficient (Wildman–Crippen LogP) is 5.66. The Morgan fingerprint density at radius 3 is 2.75 bits per heavy atom. The van der Waals surface area contributed by atoms with Gasteiger partial charge < -0.3 is 14.3 Å². The highest BCUT2D eigenvalue weighted by atomic mass is 16.5.